The third-order valence-electron chi connectivity index (χ3n) is 7.29. The van der Waals surface area contributed by atoms with E-state index in [1.165, 1.54) is 5.56 Å². The molecule has 3 heterocycles. The molecule has 0 radical (unpaired) electrons. The predicted molar refractivity (Wildman–Crippen MR) is 157 cm³/mol. The summed E-state index contributed by atoms with van der Waals surface area (Å²) >= 11 is 0. The molecule has 3 aromatic rings. The first-order valence-corrected chi connectivity index (χ1v) is 14.2. The van der Waals surface area contributed by atoms with Crippen molar-refractivity contribution in [3.05, 3.63) is 65.4 Å². The largest absolute Gasteiger partial charge is 0.491 e. The highest BCUT2D eigenvalue weighted by Gasteiger charge is 2.25. The second-order valence-corrected chi connectivity index (χ2v) is 11.4. The van der Waals surface area contributed by atoms with Gasteiger partial charge in [-0.3, -0.25) is 0 Å². The zero-order chi connectivity index (χ0) is 28.4. The van der Waals surface area contributed by atoms with Crippen LogP contribution in [-0.4, -0.2) is 66.1 Å². The Morgan fingerprint density at radius 2 is 1.78 bits per heavy atom. The molecule has 0 fully saturated rings. The molecule has 3 aliphatic rings. The van der Waals surface area contributed by atoms with Crippen molar-refractivity contribution < 1.29 is 23.7 Å². The number of hydrogen-bond donors (Lipinski definition) is 1. The molecule has 41 heavy (non-hydrogen) atoms. The van der Waals surface area contributed by atoms with E-state index >= 15 is 0 Å². The minimum atomic E-state index is -0.523. The van der Waals surface area contributed by atoms with Crippen molar-refractivity contribution in [2.45, 2.75) is 45.6 Å². The van der Waals surface area contributed by atoms with Crippen molar-refractivity contribution in [3.63, 3.8) is 0 Å². The van der Waals surface area contributed by atoms with E-state index in [0.29, 0.717) is 51.9 Å². The standard InChI is InChI=1S/C32H36N4O5/c1-32(2,3)41-31(37)36-12-10-22(11-13-36)26-9-7-24-18-28(26)40-17-15-38-14-16-39-25-8-6-21-4-5-23-20-33-30(34-24)35-29(23)27(21)19-25/h6-10,18-20H,4-5,11-17H2,1-3H3,(H,33,34,35). The van der Waals surface area contributed by atoms with Gasteiger partial charge in [0.25, 0.3) is 0 Å². The van der Waals surface area contributed by atoms with E-state index in [0.717, 1.165) is 58.0 Å². The quantitative estimate of drug-likeness (QED) is 0.402. The lowest BCUT2D eigenvalue weighted by Gasteiger charge is -2.30. The molecule has 1 amide bonds. The van der Waals surface area contributed by atoms with E-state index in [2.05, 4.69) is 34.6 Å². The number of anilines is 2. The molecule has 1 N–H and O–H groups in total. The normalized spacial score (nSPS) is 17.0. The van der Waals surface area contributed by atoms with Gasteiger partial charge in [0.15, 0.2) is 0 Å². The van der Waals surface area contributed by atoms with Crippen molar-refractivity contribution in [1.29, 1.82) is 0 Å². The summed E-state index contributed by atoms with van der Waals surface area (Å²) in [5.41, 5.74) is 6.84. The number of rotatable bonds is 1. The summed E-state index contributed by atoms with van der Waals surface area (Å²) < 4.78 is 23.6. The number of nitrogens with zero attached hydrogens (tertiary/aromatic N) is 3. The van der Waals surface area contributed by atoms with Crippen LogP contribution in [0.2, 0.25) is 0 Å². The Balaban J connectivity index is 1.28. The molecule has 2 aliphatic heterocycles. The third-order valence-corrected chi connectivity index (χ3v) is 7.29. The predicted octanol–water partition coefficient (Wildman–Crippen LogP) is 5.80. The Hall–Kier alpha value is -4.11. The number of carbonyl (C=O) groups is 1. The molecule has 0 saturated heterocycles. The first-order valence-electron chi connectivity index (χ1n) is 14.2. The lowest BCUT2D eigenvalue weighted by atomic mass is 9.90. The van der Waals surface area contributed by atoms with Gasteiger partial charge in [-0.25, -0.2) is 14.8 Å². The summed E-state index contributed by atoms with van der Waals surface area (Å²) in [4.78, 5) is 23.8. The molecule has 2 aromatic carbocycles. The number of carbonyl (C=O) groups excluding carboxylic acids is 1. The molecule has 9 heteroatoms. The fraction of sp³-hybridized carbons (Fsp3) is 0.406. The Bertz CT molecular complexity index is 1480. The van der Waals surface area contributed by atoms with Crippen molar-refractivity contribution in [2.24, 2.45) is 0 Å². The van der Waals surface area contributed by atoms with Gasteiger partial charge in [0.05, 0.1) is 18.9 Å². The first-order chi connectivity index (χ1) is 19.8. The molecule has 6 rings (SSSR count). The van der Waals surface area contributed by atoms with E-state index in [-0.39, 0.29) is 6.09 Å². The van der Waals surface area contributed by atoms with Gasteiger partial charge in [-0.2, -0.15) is 0 Å². The molecular formula is C32H36N4O5. The van der Waals surface area contributed by atoms with Crippen LogP contribution < -0.4 is 14.8 Å². The summed E-state index contributed by atoms with van der Waals surface area (Å²) in [5.74, 6) is 2.07. The summed E-state index contributed by atoms with van der Waals surface area (Å²) in [6.45, 7) is 8.43. The minimum absolute atomic E-state index is 0.294. The maximum absolute atomic E-state index is 12.5. The van der Waals surface area contributed by atoms with Gasteiger partial charge in [-0.15, -0.1) is 0 Å². The average molecular weight is 557 g/mol. The second-order valence-electron chi connectivity index (χ2n) is 11.4. The van der Waals surface area contributed by atoms with Crippen LogP contribution in [0.15, 0.2) is 48.7 Å². The van der Waals surface area contributed by atoms with Gasteiger partial charge in [0, 0.05) is 42.2 Å². The number of ether oxygens (including phenoxy) is 4. The van der Waals surface area contributed by atoms with E-state index in [1.807, 2.05) is 45.2 Å². The highest BCUT2D eigenvalue weighted by atomic mass is 16.6. The Kier molecular flexibility index (Phi) is 7.53. The molecule has 0 spiro atoms. The zero-order valence-corrected chi connectivity index (χ0v) is 23.9. The summed E-state index contributed by atoms with van der Waals surface area (Å²) in [7, 11) is 0. The lowest BCUT2D eigenvalue weighted by Crippen LogP contribution is -2.39. The molecular weight excluding hydrogens is 520 g/mol. The smallest absolute Gasteiger partial charge is 0.410 e. The van der Waals surface area contributed by atoms with Crippen LogP contribution >= 0.6 is 0 Å². The Morgan fingerprint density at radius 1 is 0.951 bits per heavy atom. The van der Waals surface area contributed by atoms with Gasteiger partial charge in [-0.1, -0.05) is 12.1 Å². The van der Waals surface area contributed by atoms with Crippen LogP contribution in [0.3, 0.4) is 0 Å². The van der Waals surface area contributed by atoms with Crippen LogP contribution in [0, 0.1) is 0 Å². The fourth-order valence-corrected chi connectivity index (χ4v) is 5.29. The van der Waals surface area contributed by atoms with Crippen LogP contribution in [0.1, 0.15) is 43.9 Å². The fourth-order valence-electron chi connectivity index (χ4n) is 5.29. The van der Waals surface area contributed by atoms with E-state index in [9.17, 15) is 4.79 Å². The molecule has 6 bridgehead atoms. The van der Waals surface area contributed by atoms with Gasteiger partial charge in [-0.05, 0) is 81.0 Å². The number of benzene rings is 2. The topological polar surface area (TPSA) is 95.0 Å². The van der Waals surface area contributed by atoms with Crippen LogP contribution in [0.5, 0.6) is 11.5 Å². The first kappa shape index (κ1) is 27.1. The number of nitrogens with one attached hydrogen (secondary N) is 1. The van der Waals surface area contributed by atoms with Crippen molar-refractivity contribution >= 4 is 23.3 Å². The average Bonchev–Trinajstić information content (AvgIpc) is 2.95. The molecule has 9 nitrogen and oxygen atoms in total. The summed E-state index contributed by atoms with van der Waals surface area (Å²) in [6.07, 6.45) is 6.25. The number of amides is 1. The monoisotopic (exact) mass is 556 g/mol. The zero-order valence-electron chi connectivity index (χ0n) is 23.9. The number of hydrogen-bond acceptors (Lipinski definition) is 8. The van der Waals surface area contributed by atoms with E-state index < -0.39 is 5.60 Å². The molecule has 1 aliphatic carbocycles. The number of aromatic nitrogens is 2. The number of aryl methyl sites for hydroxylation is 2. The molecule has 1 aromatic heterocycles. The number of fused-ring (bicyclic) bond motifs is 4. The minimum Gasteiger partial charge on any atom is -0.491 e. The Labute approximate surface area is 240 Å². The van der Waals surface area contributed by atoms with E-state index in [4.69, 9.17) is 23.9 Å². The van der Waals surface area contributed by atoms with Gasteiger partial charge in [0.1, 0.15) is 30.3 Å². The maximum atomic E-state index is 12.5. The maximum Gasteiger partial charge on any atom is 0.410 e. The van der Waals surface area contributed by atoms with Crippen LogP contribution in [-0.2, 0) is 22.3 Å². The SMILES string of the molecule is CC(C)(C)OC(=O)N1CC=C(c2ccc3cc2OCCOCCOc2ccc4c(c2)-c2nc(ncc2CC4)N3)CC1. The highest BCUT2D eigenvalue weighted by molar-refractivity contribution is 5.77. The van der Waals surface area contributed by atoms with Crippen LogP contribution in [0.25, 0.3) is 16.8 Å². The van der Waals surface area contributed by atoms with Crippen molar-refractivity contribution in [1.82, 2.24) is 14.9 Å². The summed E-state index contributed by atoms with van der Waals surface area (Å²) in [5, 5.41) is 3.38. The molecule has 0 saturated carbocycles. The van der Waals surface area contributed by atoms with E-state index in [1.54, 1.807) is 4.90 Å². The molecule has 214 valence electrons. The molecule has 0 unspecified atom stereocenters. The highest BCUT2D eigenvalue weighted by Crippen LogP contribution is 2.37. The van der Waals surface area contributed by atoms with Crippen LogP contribution in [0.4, 0.5) is 16.4 Å². The second kappa shape index (κ2) is 11.4. The lowest BCUT2D eigenvalue weighted by molar-refractivity contribution is 0.0270. The van der Waals surface area contributed by atoms with Gasteiger partial charge < -0.3 is 29.2 Å². The van der Waals surface area contributed by atoms with Gasteiger partial charge in [0.2, 0.25) is 5.95 Å². The third kappa shape index (κ3) is 6.30. The Morgan fingerprint density at radius 3 is 2.59 bits per heavy atom. The van der Waals surface area contributed by atoms with Gasteiger partial charge >= 0.3 is 6.09 Å². The molecule has 0 atom stereocenters. The van der Waals surface area contributed by atoms with Crippen molar-refractivity contribution in [2.75, 3.05) is 44.8 Å². The van der Waals surface area contributed by atoms with Crippen molar-refractivity contribution in [3.8, 4) is 22.8 Å². The summed E-state index contributed by atoms with van der Waals surface area (Å²) in [6, 6.07) is 12.3.